The van der Waals surface area contributed by atoms with Gasteiger partial charge in [0.05, 0.1) is 0 Å². The number of nitrogens with zero attached hydrogens (tertiary/aromatic N) is 2. The van der Waals surface area contributed by atoms with Gasteiger partial charge >= 0.3 is 0 Å². The number of nitrogens with one attached hydrogen (secondary N) is 1. The van der Waals surface area contributed by atoms with E-state index in [2.05, 4.69) is 25.6 Å². The average Bonchev–Trinajstić information content (AvgIpc) is 2.47. The van der Waals surface area contributed by atoms with Gasteiger partial charge in [-0.2, -0.15) is 5.26 Å². The lowest BCUT2D eigenvalue weighted by atomic mass is 10.1. The Hall–Kier alpha value is -1.75. The lowest BCUT2D eigenvalue weighted by molar-refractivity contribution is 0.566. The summed E-state index contributed by atoms with van der Waals surface area (Å²) in [5.74, 6) is 0. The molecule has 0 radical (unpaired) electrons. The smallest absolute Gasteiger partial charge is 0.244 e. The predicted octanol–water partition coefficient (Wildman–Crippen LogP) is 2.76. The van der Waals surface area contributed by atoms with Crippen molar-refractivity contribution in [2.24, 2.45) is 0 Å². The molecule has 0 spiro atoms. The minimum atomic E-state index is -3.81. The SMILES string of the molecule is C[C@H](NS(=O)(=O)c1cccnc1C#N)c1ccc(Br)cc1. The van der Waals surface area contributed by atoms with E-state index < -0.39 is 16.1 Å². The van der Waals surface area contributed by atoms with E-state index in [4.69, 9.17) is 5.26 Å². The highest BCUT2D eigenvalue weighted by molar-refractivity contribution is 9.10. The molecule has 0 aliphatic heterocycles. The molecule has 21 heavy (non-hydrogen) atoms. The van der Waals surface area contributed by atoms with E-state index in [0.29, 0.717) is 0 Å². The van der Waals surface area contributed by atoms with Crippen LogP contribution in [0.2, 0.25) is 0 Å². The fourth-order valence-electron chi connectivity index (χ4n) is 1.81. The number of halogens is 1. The summed E-state index contributed by atoms with van der Waals surface area (Å²) in [5, 5.41) is 8.95. The summed E-state index contributed by atoms with van der Waals surface area (Å²) in [4.78, 5) is 3.65. The van der Waals surface area contributed by atoms with E-state index >= 15 is 0 Å². The zero-order chi connectivity index (χ0) is 15.5. The van der Waals surface area contributed by atoms with Crippen molar-refractivity contribution in [3.8, 4) is 6.07 Å². The number of benzene rings is 1. The summed E-state index contributed by atoms with van der Waals surface area (Å²) < 4.78 is 28.2. The van der Waals surface area contributed by atoms with Crippen LogP contribution >= 0.6 is 15.9 Å². The van der Waals surface area contributed by atoms with Crippen LogP contribution in [0.25, 0.3) is 0 Å². The number of rotatable bonds is 4. The number of sulfonamides is 1. The number of hydrogen-bond acceptors (Lipinski definition) is 4. The molecule has 0 aliphatic rings. The third-order valence-electron chi connectivity index (χ3n) is 2.87. The summed E-state index contributed by atoms with van der Waals surface area (Å²) in [6.07, 6.45) is 1.38. The van der Waals surface area contributed by atoms with Crippen molar-refractivity contribution in [3.63, 3.8) is 0 Å². The lowest BCUT2D eigenvalue weighted by Gasteiger charge is -2.15. The zero-order valence-corrected chi connectivity index (χ0v) is 13.5. The molecule has 108 valence electrons. The molecule has 1 atom stereocenters. The second-order valence-corrected chi connectivity index (χ2v) is 6.95. The first kappa shape index (κ1) is 15.6. The molecule has 1 aromatic carbocycles. The molecule has 1 heterocycles. The van der Waals surface area contributed by atoms with Gasteiger partial charge < -0.3 is 0 Å². The minimum absolute atomic E-state index is 0.114. The van der Waals surface area contributed by atoms with Gasteiger partial charge in [-0.25, -0.2) is 18.1 Å². The quantitative estimate of drug-likeness (QED) is 0.902. The predicted molar refractivity (Wildman–Crippen MR) is 81.8 cm³/mol. The fourth-order valence-corrected chi connectivity index (χ4v) is 3.41. The van der Waals surface area contributed by atoms with Gasteiger partial charge in [-0.15, -0.1) is 0 Å². The summed E-state index contributed by atoms with van der Waals surface area (Å²) in [5.41, 5.74) is 0.706. The maximum atomic E-state index is 12.4. The first-order valence-electron chi connectivity index (χ1n) is 6.07. The Morgan fingerprint density at radius 3 is 2.57 bits per heavy atom. The van der Waals surface area contributed by atoms with Gasteiger partial charge in [0.25, 0.3) is 0 Å². The maximum absolute atomic E-state index is 12.4. The molecule has 0 fully saturated rings. The van der Waals surface area contributed by atoms with Crippen LogP contribution in [0.5, 0.6) is 0 Å². The molecule has 0 unspecified atom stereocenters. The standard InChI is InChI=1S/C14H12BrN3O2S/c1-10(11-4-6-12(15)7-5-11)18-21(19,20)14-3-2-8-17-13(14)9-16/h2-8,10,18H,1H3/t10-/m0/s1. The Bertz CT molecular complexity index is 783. The molecule has 1 aromatic heterocycles. The van der Waals surface area contributed by atoms with Crippen LogP contribution < -0.4 is 4.72 Å². The summed E-state index contributed by atoms with van der Waals surface area (Å²) in [6, 6.07) is 11.5. The van der Waals surface area contributed by atoms with E-state index in [1.54, 1.807) is 13.0 Å². The van der Waals surface area contributed by atoms with E-state index in [1.807, 2.05) is 24.3 Å². The molecule has 2 rings (SSSR count). The van der Waals surface area contributed by atoms with Gasteiger partial charge in [0.1, 0.15) is 11.0 Å². The highest BCUT2D eigenvalue weighted by Gasteiger charge is 2.22. The lowest BCUT2D eigenvalue weighted by Crippen LogP contribution is -2.27. The van der Waals surface area contributed by atoms with Gasteiger partial charge in [0, 0.05) is 16.7 Å². The number of pyridine rings is 1. The Morgan fingerprint density at radius 2 is 1.95 bits per heavy atom. The topological polar surface area (TPSA) is 82.8 Å². The Labute approximate surface area is 131 Å². The Morgan fingerprint density at radius 1 is 1.29 bits per heavy atom. The van der Waals surface area contributed by atoms with Crippen molar-refractivity contribution in [3.05, 3.63) is 58.3 Å². The summed E-state index contributed by atoms with van der Waals surface area (Å²) in [7, 11) is -3.81. The van der Waals surface area contributed by atoms with Crippen LogP contribution in [0, 0.1) is 11.3 Å². The first-order chi connectivity index (χ1) is 9.94. The molecule has 2 aromatic rings. The van der Waals surface area contributed by atoms with Crippen LogP contribution in [0.1, 0.15) is 24.2 Å². The molecule has 1 N–H and O–H groups in total. The molecule has 0 aliphatic carbocycles. The minimum Gasteiger partial charge on any atom is -0.244 e. The van der Waals surface area contributed by atoms with Gasteiger partial charge in [-0.05, 0) is 36.8 Å². The first-order valence-corrected chi connectivity index (χ1v) is 8.34. The number of nitriles is 1. The van der Waals surface area contributed by atoms with E-state index in [1.165, 1.54) is 18.3 Å². The van der Waals surface area contributed by atoms with Gasteiger partial charge in [-0.3, -0.25) is 0 Å². The van der Waals surface area contributed by atoms with Crippen molar-refractivity contribution in [1.29, 1.82) is 5.26 Å². The van der Waals surface area contributed by atoms with Gasteiger partial charge in [0.2, 0.25) is 10.0 Å². The third kappa shape index (κ3) is 3.67. The second-order valence-electron chi connectivity index (χ2n) is 4.36. The van der Waals surface area contributed by atoms with Crippen LogP contribution in [0.15, 0.2) is 52.0 Å². The van der Waals surface area contributed by atoms with Crippen LogP contribution in [0.4, 0.5) is 0 Å². The normalized spacial score (nSPS) is 12.6. The monoisotopic (exact) mass is 365 g/mol. The number of aromatic nitrogens is 1. The van der Waals surface area contributed by atoms with Crippen LogP contribution in [0.3, 0.4) is 0 Å². The molecule has 0 bridgehead atoms. The van der Waals surface area contributed by atoms with Crippen LogP contribution in [-0.4, -0.2) is 13.4 Å². The molecule has 0 amide bonds. The maximum Gasteiger partial charge on any atom is 0.244 e. The van der Waals surface area contributed by atoms with Crippen LogP contribution in [-0.2, 0) is 10.0 Å². The number of hydrogen-bond donors (Lipinski definition) is 1. The van der Waals surface area contributed by atoms with E-state index in [0.717, 1.165) is 10.0 Å². The Kier molecular flexibility index (Phi) is 4.73. The molecular formula is C14H12BrN3O2S. The molecule has 0 saturated carbocycles. The van der Waals surface area contributed by atoms with E-state index in [9.17, 15) is 8.42 Å². The largest absolute Gasteiger partial charge is 0.244 e. The van der Waals surface area contributed by atoms with Gasteiger partial charge in [-0.1, -0.05) is 28.1 Å². The zero-order valence-electron chi connectivity index (χ0n) is 11.1. The second kappa shape index (κ2) is 6.35. The third-order valence-corrected chi connectivity index (χ3v) is 4.97. The summed E-state index contributed by atoms with van der Waals surface area (Å²) >= 11 is 3.33. The average molecular weight is 366 g/mol. The highest BCUT2D eigenvalue weighted by Crippen LogP contribution is 2.20. The highest BCUT2D eigenvalue weighted by atomic mass is 79.9. The molecule has 7 heteroatoms. The molecular weight excluding hydrogens is 354 g/mol. The van der Waals surface area contributed by atoms with Gasteiger partial charge in [0.15, 0.2) is 5.69 Å². The van der Waals surface area contributed by atoms with E-state index in [-0.39, 0.29) is 10.6 Å². The fraction of sp³-hybridized carbons (Fsp3) is 0.143. The van der Waals surface area contributed by atoms with Crippen molar-refractivity contribution >= 4 is 26.0 Å². The molecule has 5 nitrogen and oxygen atoms in total. The Balaban J connectivity index is 2.29. The molecule has 0 saturated heterocycles. The van der Waals surface area contributed by atoms with Crippen molar-refractivity contribution in [2.75, 3.05) is 0 Å². The van der Waals surface area contributed by atoms with Crippen molar-refractivity contribution < 1.29 is 8.42 Å². The summed E-state index contributed by atoms with van der Waals surface area (Å²) in [6.45, 7) is 1.74. The van der Waals surface area contributed by atoms with Crippen molar-refractivity contribution in [1.82, 2.24) is 9.71 Å². The van der Waals surface area contributed by atoms with Crippen molar-refractivity contribution in [2.45, 2.75) is 17.9 Å².